The number of hydrogen-bond acceptors (Lipinski definition) is 0. The molecule has 0 aliphatic heterocycles. The van der Waals surface area contributed by atoms with Crippen LogP contribution in [0.5, 0.6) is 0 Å². The lowest BCUT2D eigenvalue weighted by molar-refractivity contribution is -0.0608. The van der Waals surface area contributed by atoms with Gasteiger partial charge < -0.3 is 5.53 Å². The van der Waals surface area contributed by atoms with Gasteiger partial charge in [0.2, 0.25) is 0 Å². The van der Waals surface area contributed by atoms with E-state index < -0.39 is 0 Å². The van der Waals surface area contributed by atoms with Crippen LogP contribution in [0.4, 0.5) is 0 Å². The van der Waals surface area contributed by atoms with E-state index in [4.69, 9.17) is 5.53 Å². The fourth-order valence-electron chi connectivity index (χ4n) is 0.0780. The van der Waals surface area contributed by atoms with Crippen LogP contribution in [0, 0.1) is 12.1 Å². The molecule has 0 N–H and O–H groups in total. The molecule has 22 valence electrons. The lowest BCUT2D eigenvalue weighted by Crippen LogP contribution is -1.78. The molecule has 0 spiro atoms. The Bertz CT molecular complexity index is 141. The maximum absolute atomic E-state index is 7.67. The van der Waals surface area contributed by atoms with Crippen molar-refractivity contribution < 1.29 is 4.79 Å². The molecule has 2 nitrogen and oxygen atoms in total. The predicted molar refractivity (Wildman–Crippen MR) is 13.2 cm³/mol. The van der Waals surface area contributed by atoms with Crippen LogP contribution in [0.3, 0.4) is 0 Å². The van der Waals surface area contributed by atoms with Gasteiger partial charge in [-0.25, -0.2) is 0 Å². The monoisotopic (exact) mass is 64.0 g/mol. The zero-order chi connectivity index (χ0) is 3.70. The molecule has 1 aromatic rings. The Kier molecular flexibility index (Phi) is 0.199. The first-order chi connectivity index (χ1) is 2.43. The second kappa shape index (κ2) is 0.453. The summed E-state index contributed by atoms with van der Waals surface area (Å²) in [6.07, 6.45) is 0. The minimum Gasteiger partial charge on any atom is -0.359 e. The van der Waals surface area contributed by atoms with Crippen LogP contribution >= 0.6 is 0 Å². The molecule has 0 heterocycles. The van der Waals surface area contributed by atoms with Gasteiger partial charge in [-0.05, 0) is 0 Å². The summed E-state index contributed by atoms with van der Waals surface area (Å²) < 4.78 is 0. The second-order valence-corrected chi connectivity index (χ2v) is 0.699. The van der Waals surface area contributed by atoms with E-state index in [0.717, 1.165) is 0 Å². The third-order valence-electron chi connectivity index (χ3n) is 0.337. The van der Waals surface area contributed by atoms with Gasteiger partial charge in [0.25, 0.3) is 0 Å². The molecule has 0 bridgehead atoms. The van der Waals surface area contributed by atoms with Crippen molar-refractivity contribution in [1.82, 2.24) is 0 Å². The first kappa shape index (κ1) is 2.19. The van der Waals surface area contributed by atoms with E-state index in [-0.39, 0.29) is 0 Å². The van der Waals surface area contributed by atoms with E-state index in [9.17, 15) is 0 Å². The summed E-state index contributed by atoms with van der Waals surface area (Å²) in [6.45, 7) is 0. The van der Waals surface area contributed by atoms with Crippen LogP contribution in [-0.2, 0) is 0 Å². The van der Waals surface area contributed by atoms with Gasteiger partial charge in [0.1, 0.15) is 0 Å². The van der Waals surface area contributed by atoms with Gasteiger partial charge in [0.05, 0.1) is 0 Å². The van der Waals surface area contributed by atoms with E-state index >= 15 is 0 Å². The summed E-state index contributed by atoms with van der Waals surface area (Å²) in [6, 6.07) is 4.87. The highest BCUT2D eigenvalue weighted by atomic mass is 14.8. The van der Waals surface area contributed by atoms with Crippen molar-refractivity contribution in [2.24, 2.45) is 0 Å². The lowest BCUT2D eigenvalue weighted by atomic mass is 11.0. The van der Waals surface area contributed by atoms with Crippen molar-refractivity contribution in [3.63, 3.8) is 0 Å². The van der Waals surface area contributed by atoms with Crippen LogP contribution in [0.2, 0.25) is 0 Å². The quantitative estimate of drug-likeness (QED) is 0.282. The zero-order valence-corrected chi connectivity index (χ0v) is 2.39. The molecule has 2 heteroatoms. The molecule has 0 aliphatic carbocycles. The Morgan fingerprint density at radius 3 is 2.20 bits per heavy atom. The molecule has 0 aliphatic rings. The third kappa shape index (κ3) is 0.167. The Hall–Kier alpha value is -1.06. The molecule has 0 fully saturated rings. The standard InChI is InChI=1S/C3N2/c4-5-3-1-2-3. The largest absolute Gasteiger partial charge is 0.417 e. The van der Waals surface area contributed by atoms with Gasteiger partial charge in [-0.3, -0.25) is 0 Å². The van der Waals surface area contributed by atoms with Gasteiger partial charge in [0, 0.05) is 12.1 Å². The van der Waals surface area contributed by atoms with Gasteiger partial charge in [0.15, 0.2) is 0 Å². The topological polar surface area (TPSA) is 36.4 Å². The molecule has 0 aromatic heterocycles. The predicted octanol–water partition coefficient (Wildman–Crippen LogP) is -0.707. The van der Waals surface area contributed by atoms with Crippen molar-refractivity contribution in [3.05, 3.63) is 23.0 Å². The molecule has 5 heavy (non-hydrogen) atoms. The highest BCUT2D eigenvalue weighted by Crippen LogP contribution is 1.39. The van der Waals surface area contributed by atoms with Crippen molar-refractivity contribution in [2.45, 2.75) is 0 Å². The van der Waals surface area contributed by atoms with Gasteiger partial charge in [-0.15, -0.1) is 4.79 Å². The molecule has 1 aromatic carbocycles. The van der Waals surface area contributed by atoms with Gasteiger partial charge >= 0.3 is 5.36 Å². The van der Waals surface area contributed by atoms with Gasteiger partial charge in [-0.1, -0.05) is 0 Å². The molecule has 0 amide bonds. The van der Waals surface area contributed by atoms with Crippen LogP contribution in [0.1, 0.15) is 0 Å². The molecule has 0 saturated carbocycles. The fraction of sp³-hybridized carbons (Fsp3) is 0. The van der Waals surface area contributed by atoms with Crippen molar-refractivity contribution in [3.8, 4) is 0 Å². The molecule has 0 atom stereocenters. The summed E-state index contributed by atoms with van der Waals surface area (Å²) >= 11 is 0. The minimum absolute atomic E-state index is 0.435. The summed E-state index contributed by atoms with van der Waals surface area (Å²) in [4.78, 5) is 2.69. The third-order valence-corrected chi connectivity index (χ3v) is 0.337. The minimum atomic E-state index is 0.435. The number of rotatable bonds is 0. The summed E-state index contributed by atoms with van der Waals surface area (Å²) in [5.41, 5.74) is 7.67. The number of hydrogen-bond donors (Lipinski definition) is 0. The number of nitrogens with zero attached hydrogens (tertiary/aromatic N) is 2. The molecular formula is C3N2. The maximum Gasteiger partial charge on any atom is 0.417 e. The molecular weight excluding hydrogens is 64.0 g/mol. The Balaban J connectivity index is 3.49. The molecule has 0 radical (unpaired) electrons. The Morgan fingerprint density at radius 2 is 2.20 bits per heavy atom. The molecule has 1 rings (SSSR count). The lowest BCUT2D eigenvalue weighted by Gasteiger charge is -1.24. The normalized spacial score (nSPS) is 6.40. The van der Waals surface area contributed by atoms with E-state index in [0.29, 0.717) is 5.36 Å². The zero-order valence-electron chi connectivity index (χ0n) is 2.39. The summed E-state index contributed by atoms with van der Waals surface area (Å²) in [5, 5.41) is 0.435. The first-order valence-electron chi connectivity index (χ1n) is 1.17. The van der Waals surface area contributed by atoms with Crippen LogP contribution in [-0.4, -0.2) is 4.79 Å². The smallest absolute Gasteiger partial charge is 0.359 e. The van der Waals surface area contributed by atoms with E-state index in [1.165, 1.54) is 0 Å². The first-order valence-corrected chi connectivity index (χ1v) is 1.17. The Morgan fingerprint density at radius 1 is 1.60 bits per heavy atom. The van der Waals surface area contributed by atoms with Gasteiger partial charge in [-0.2, -0.15) is 0 Å². The maximum atomic E-state index is 7.67. The van der Waals surface area contributed by atoms with E-state index in [1.54, 1.807) is 0 Å². The summed E-state index contributed by atoms with van der Waals surface area (Å²) in [5.74, 6) is 0. The average Bonchev–Trinajstić information content (AvgIpc) is 2.12. The van der Waals surface area contributed by atoms with Crippen molar-refractivity contribution in [1.29, 1.82) is 0 Å². The Labute approximate surface area is 29.0 Å². The van der Waals surface area contributed by atoms with Crippen molar-refractivity contribution in [2.75, 3.05) is 0 Å². The SMILES string of the molecule is [N-]=[N+]=c1c#c1. The summed E-state index contributed by atoms with van der Waals surface area (Å²) in [7, 11) is 0. The van der Waals surface area contributed by atoms with Crippen LogP contribution < -0.4 is 5.36 Å². The fourth-order valence-corrected chi connectivity index (χ4v) is 0.0780. The highest BCUT2D eigenvalue weighted by molar-refractivity contribution is 4.73. The van der Waals surface area contributed by atoms with Crippen molar-refractivity contribution >= 4 is 0 Å². The van der Waals surface area contributed by atoms with E-state index in [2.05, 4.69) is 16.9 Å². The second-order valence-electron chi connectivity index (χ2n) is 0.699. The van der Waals surface area contributed by atoms with Crippen LogP contribution in [0.15, 0.2) is 0 Å². The molecule has 0 saturated heterocycles. The average molecular weight is 64.0 g/mol. The van der Waals surface area contributed by atoms with E-state index in [1.807, 2.05) is 0 Å². The highest BCUT2D eigenvalue weighted by Gasteiger charge is 1.82. The molecule has 0 unspecified atom stereocenters. The van der Waals surface area contributed by atoms with Crippen LogP contribution in [0.25, 0.3) is 5.53 Å².